The van der Waals surface area contributed by atoms with E-state index in [1.807, 2.05) is 6.92 Å². The highest BCUT2D eigenvalue weighted by Crippen LogP contribution is 2.28. The van der Waals surface area contributed by atoms with E-state index in [4.69, 9.17) is 14.2 Å². The third kappa shape index (κ3) is 7.23. The first-order valence-corrected chi connectivity index (χ1v) is 11.6. The van der Waals surface area contributed by atoms with Crippen LogP contribution in [0.2, 0.25) is 0 Å². The minimum atomic E-state index is -0.222. The van der Waals surface area contributed by atoms with Crippen LogP contribution in [0.1, 0.15) is 53.3 Å². The molecule has 2 aromatic carbocycles. The highest BCUT2D eigenvalue weighted by molar-refractivity contribution is 5.95. The lowest BCUT2D eigenvalue weighted by molar-refractivity contribution is -0.149. The number of carbonyl (C=O) groups excluding carboxylic acids is 3. The van der Waals surface area contributed by atoms with E-state index in [0.717, 1.165) is 25.7 Å². The fourth-order valence-corrected chi connectivity index (χ4v) is 3.85. The van der Waals surface area contributed by atoms with Gasteiger partial charge in [-0.15, -0.1) is 0 Å². The zero-order valence-corrected chi connectivity index (χ0v) is 19.7. The van der Waals surface area contributed by atoms with Crippen molar-refractivity contribution in [1.29, 1.82) is 0 Å². The number of methoxy groups -OCH3 is 1. The number of carbonyl (C=O) groups is 3. The normalized spacial score (nSPS) is 17.4. The number of hydrogen-bond acceptors (Lipinski definition) is 6. The first kappa shape index (κ1) is 25.1. The Morgan fingerprint density at radius 3 is 1.76 bits per heavy atom. The van der Waals surface area contributed by atoms with Crippen LogP contribution in [-0.2, 0) is 9.53 Å². The molecule has 8 nitrogen and oxygen atoms in total. The van der Waals surface area contributed by atoms with Crippen LogP contribution in [0.15, 0.2) is 48.5 Å². The molecule has 3 rings (SSSR count). The quantitative estimate of drug-likeness (QED) is 0.410. The standard InChI is InChI=1S/C26H32N2O6/c1-3-33-26(31)20-8-14-23(15-9-20)34-22-12-6-19(7-13-22)25(30)28-17-16-27-24(29)18-4-10-21(32-2)11-5-18/h4-7,10-13,20,23H,3,8-9,14-17H2,1-2H3,(H,27,29)(H,28,30)/t20-,23+. The summed E-state index contributed by atoms with van der Waals surface area (Å²) < 4.78 is 16.2. The zero-order valence-electron chi connectivity index (χ0n) is 19.7. The van der Waals surface area contributed by atoms with Crippen molar-refractivity contribution < 1.29 is 28.6 Å². The molecule has 0 atom stereocenters. The minimum absolute atomic E-state index is 0.0353. The van der Waals surface area contributed by atoms with Crippen LogP contribution in [0.5, 0.6) is 11.5 Å². The van der Waals surface area contributed by atoms with E-state index in [9.17, 15) is 14.4 Å². The molecule has 1 aliphatic rings. The Kier molecular flexibility index (Phi) is 9.31. The molecule has 8 heteroatoms. The molecule has 0 unspecified atom stereocenters. The molecule has 0 spiro atoms. The number of benzene rings is 2. The van der Waals surface area contributed by atoms with Crippen molar-refractivity contribution in [2.45, 2.75) is 38.7 Å². The summed E-state index contributed by atoms with van der Waals surface area (Å²) in [7, 11) is 1.57. The fraction of sp³-hybridized carbons (Fsp3) is 0.423. The van der Waals surface area contributed by atoms with Gasteiger partial charge >= 0.3 is 5.97 Å². The average molecular weight is 469 g/mol. The molecule has 0 radical (unpaired) electrons. The Morgan fingerprint density at radius 1 is 0.794 bits per heavy atom. The second-order valence-electron chi connectivity index (χ2n) is 8.11. The maximum Gasteiger partial charge on any atom is 0.308 e. The van der Waals surface area contributed by atoms with Gasteiger partial charge in [0.25, 0.3) is 11.8 Å². The zero-order chi connectivity index (χ0) is 24.3. The van der Waals surface area contributed by atoms with E-state index < -0.39 is 0 Å². The maximum atomic E-state index is 12.4. The lowest BCUT2D eigenvalue weighted by Gasteiger charge is -2.27. The smallest absolute Gasteiger partial charge is 0.308 e. The molecule has 2 N–H and O–H groups in total. The van der Waals surface area contributed by atoms with E-state index in [1.54, 1.807) is 55.6 Å². The van der Waals surface area contributed by atoms with Gasteiger partial charge in [-0.05, 0) is 81.1 Å². The van der Waals surface area contributed by atoms with Gasteiger partial charge in [0.1, 0.15) is 11.5 Å². The predicted octanol–water partition coefficient (Wildman–Crippen LogP) is 3.36. The van der Waals surface area contributed by atoms with Gasteiger partial charge in [-0.2, -0.15) is 0 Å². The molecule has 182 valence electrons. The number of esters is 1. The highest BCUT2D eigenvalue weighted by Gasteiger charge is 2.28. The molecule has 2 amide bonds. The van der Waals surface area contributed by atoms with Crippen molar-refractivity contribution in [3.63, 3.8) is 0 Å². The van der Waals surface area contributed by atoms with Crippen LogP contribution < -0.4 is 20.1 Å². The number of amides is 2. The molecule has 1 aliphatic carbocycles. The van der Waals surface area contributed by atoms with E-state index in [1.165, 1.54) is 0 Å². The Balaban J connectivity index is 1.37. The van der Waals surface area contributed by atoms with Crippen molar-refractivity contribution in [3.05, 3.63) is 59.7 Å². The molecular weight excluding hydrogens is 436 g/mol. The Bertz CT molecular complexity index is 950. The van der Waals surface area contributed by atoms with E-state index in [0.29, 0.717) is 42.3 Å². The number of rotatable bonds is 10. The van der Waals surface area contributed by atoms with Gasteiger partial charge in [0.15, 0.2) is 0 Å². The average Bonchev–Trinajstić information content (AvgIpc) is 2.87. The largest absolute Gasteiger partial charge is 0.497 e. The molecule has 1 saturated carbocycles. The molecule has 0 bridgehead atoms. The molecule has 0 saturated heterocycles. The SMILES string of the molecule is CCOC(=O)[C@H]1CC[C@@H](Oc2ccc(C(=O)NCCNC(=O)c3ccc(OC)cc3)cc2)CC1. The lowest BCUT2D eigenvalue weighted by atomic mass is 9.87. The highest BCUT2D eigenvalue weighted by atomic mass is 16.5. The van der Waals surface area contributed by atoms with Crippen LogP contribution >= 0.6 is 0 Å². The third-order valence-electron chi connectivity index (χ3n) is 5.76. The Labute approximate surface area is 200 Å². The number of hydrogen-bond donors (Lipinski definition) is 2. The van der Waals surface area contributed by atoms with Gasteiger partial charge in [-0.25, -0.2) is 0 Å². The van der Waals surface area contributed by atoms with Gasteiger partial charge in [-0.3, -0.25) is 14.4 Å². The summed E-state index contributed by atoms with van der Waals surface area (Å²) in [5.41, 5.74) is 1.04. The monoisotopic (exact) mass is 468 g/mol. The van der Waals surface area contributed by atoms with Crippen molar-refractivity contribution in [2.75, 3.05) is 26.8 Å². The summed E-state index contributed by atoms with van der Waals surface area (Å²) >= 11 is 0. The molecule has 0 aromatic heterocycles. The summed E-state index contributed by atoms with van der Waals surface area (Å²) in [5.74, 6) is 0.794. The van der Waals surface area contributed by atoms with Crippen LogP contribution in [-0.4, -0.2) is 50.7 Å². The van der Waals surface area contributed by atoms with Gasteiger partial charge < -0.3 is 24.8 Å². The lowest BCUT2D eigenvalue weighted by Crippen LogP contribution is -2.34. The second kappa shape index (κ2) is 12.6. The van der Waals surface area contributed by atoms with Crippen molar-refractivity contribution in [2.24, 2.45) is 5.92 Å². The topological polar surface area (TPSA) is 103 Å². The molecular formula is C26H32N2O6. The van der Waals surface area contributed by atoms with Crippen LogP contribution in [0.3, 0.4) is 0 Å². The first-order chi connectivity index (χ1) is 16.5. The number of ether oxygens (including phenoxy) is 3. The van der Waals surface area contributed by atoms with Gasteiger partial charge in [0, 0.05) is 24.2 Å². The van der Waals surface area contributed by atoms with Crippen molar-refractivity contribution in [3.8, 4) is 11.5 Å². The van der Waals surface area contributed by atoms with E-state index in [2.05, 4.69) is 10.6 Å². The van der Waals surface area contributed by atoms with E-state index in [-0.39, 0.29) is 29.8 Å². The Hall–Kier alpha value is -3.55. The minimum Gasteiger partial charge on any atom is -0.497 e. The molecule has 1 fully saturated rings. The summed E-state index contributed by atoms with van der Waals surface area (Å²) in [5, 5.41) is 5.56. The van der Waals surface area contributed by atoms with E-state index >= 15 is 0 Å². The van der Waals surface area contributed by atoms with Crippen LogP contribution in [0.25, 0.3) is 0 Å². The second-order valence-corrected chi connectivity index (χ2v) is 8.11. The summed E-state index contributed by atoms with van der Waals surface area (Å²) in [6.45, 7) is 2.85. The third-order valence-corrected chi connectivity index (χ3v) is 5.76. The summed E-state index contributed by atoms with van der Waals surface area (Å²) in [6, 6.07) is 13.8. The van der Waals surface area contributed by atoms with Crippen molar-refractivity contribution >= 4 is 17.8 Å². The van der Waals surface area contributed by atoms with Gasteiger partial charge in [-0.1, -0.05) is 0 Å². The van der Waals surface area contributed by atoms with Gasteiger partial charge in [0.05, 0.1) is 25.7 Å². The van der Waals surface area contributed by atoms with Crippen LogP contribution in [0, 0.1) is 5.92 Å². The molecule has 34 heavy (non-hydrogen) atoms. The van der Waals surface area contributed by atoms with Crippen LogP contribution in [0.4, 0.5) is 0 Å². The first-order valence-electron chi connectivity index (χ1n) is 11.6. The molecule has 0 heterocycles. The Morgan fingerprint density at radius 2 is 1.29 bits per heavy atom. The summed E-state index contributed by atoms with van der Waals surface area (Å²) in [6.07, 6.45) is 3.18. The fourth-order valence-electron chi connectivity index (χ4n) is 3.85. The molecule has 2 aromatic rings. The number of nitrogens with one attached hydrogen (secondary N) is 2. The maximum absolute atomic E-state index is 12.4. The molecule has 0 aliphatic heterocycles. The van der Waals surface area contributed by atoms with Crippen molar-refractivity contribution in [1.82, 2.24) is 10.6 Å². The predicted molar refractivity (Wildman–Crippen MR) is 127 cm³/mol. The summed E-state index contributed by atoms with van der Waals surface area (Å²) in [4.78, 5) is 36.4. The van der Waals surface area contributed by atoms with Gasteiger partial charge in [0.2, 0.25) is 0 Å².